The summed E-state index contributed by atoms with van der Waals surface area (Å²) in [5, 5.41) is 6.50. The third-order valence-electron chi connectivity index (χ3n) is 3.76. The van der Waals surface area contributed by atoms with Gasteiger partial charge in [0.2, 0.25) is 0 Å². The Morgan fingerprint density at radius 3 is 2.78 bits per heavy atom. The van der Waals surface area contributed by atoms with Crippen LogP contribution in [0.1, 0.15) is 31.7 Å². The first kappa shape index (κ1) is 19.9. The van der Waals surface area contributed by atoms with Crippen LogP contribution in [0.25, 0.3) is 0 Å². The Morgan fingerprint density at radius 1 is 1.39 bits per heavy atom. The number of guanidine groups is 1. The van der Waals surface area contributed by atoms with E-state index in [-0.39, 0.29) is 29.7 Å². The number of rotatable bonds is 7. The molecule has 0 heterocycles. The first-order valence-corrected chi connectivity index (χ1v) is 7.64. The van der Waals surface area contributed by atoms with E-state index in [1.54, 1.807) is 25.2 Å². The highest BCUT2D eigenvalue weighted by molar-refractivity contribution is 14.0. The van der Waals surface area contributed by atoms with E-state index in [2.05, 4.69) is 27.3 Å². The highest BCUT2D eigenvalue weighted by atomic mass is 127. The van der Waals surface area contributed by atoms with Crippen LogP contribution in [0.3, 0.4) is 0 Å². The van der Waals surface area contributed by atoms with E-state index < -0.39 is 6.61 Å². The Bertz CT molecular complexity index is 514. The number of para-hydroxylation sites is 1. The van der Waals surface area contributed by atoms with Gasteiger partial charge in [-0.15, -0.1) is 24.0 Å². The van der Waals surface area contributed by atoms with Gasteiger partial charge in [0.25, 0.3) is 0 Å². The molecule has 7 heteroatoms. The van der Waals surface area contributed by atoms with Gasteiger partial charge in [-0.1, -0.05) is 31.5 Å². The molecule has 1 aromatic carbocycles. The molecule has 0 aliphatic heterocycles. The second-order valence-corrected chi connectivity index (χ2v) is 5.45. The van der Waals surface area contributed by atoms with Gasteiger partial charge in [-0.05, 0) is 24.8 Å². The van der Waals surface area contributed by atoms with Crippen molar-refractivity contribution in [3.63, 3.8) is 0 Å². The van der Waals surface area contributed by atoms with E-state index in [0.29, 0.717) is 24.1 Å². The zero-order valence-electron chi connectivity index (χ0n) is 13.4. The van der Waals surface area contributed by atoms with Crippen LogP contribution in [0.4, 0.5) is 8.78 Å². The monoisotopic (exact) mass is 439 g/mol. The van der Waals surface area contributed by atoms with Gasteiger partial charge >= 0.3 is 6.61 Å². The van der Waals surface area contributed by atoms with Crippen LogP contribution in [0.15, 0.2) is 29.3 Å². The summed E-state index contributed by atoms with van der Waals surface area (Å²) in [7, 11) is 1.70. The Labute approximate surface area is 153 Å². The van der Waals surface area contributed by atoms with Crippen molar-refractivity contribution in [1.29, 1.82) is 0 Å². The van der Waals surface area contributed by atoms with Crippen molar-refractivity contribution in [2.45, 2.75) is 45.4 Å². The molecule has 0 radical (unpaired) electrons. The van der Waals surface area contributed by atoms with Gasteiger partial charge in [-0.25, -0.2) is 0 Å². The van der Waals surface area contributed by atoms with Crippen molar-refractivity contribution in [1.82, 2.24) is 10.6 Å². The van der Waals surface area contributed by atoms with Crippen LogP contribution in [-0.2, 0) is 6.54 Å². The Morgan fingerprint density at radius 2 is 2.13 bits per heavy atom. The lowest BCUT2D eigenvalue weighted by molar-refractivity contribution is -0.0504. The largest absolute Gasteiger partial charge is 0.434 e. The summed E-state index contributed by atoms with van der Waals surface area (Å²) in [6.45, 7) is -0.254. The third-order valence-corrected chi connectivity index (χ3v) is 3.76. The standard InChI is InChI=1S/C16H23F2N3O.HI/c1-3-6-11-9-13(11)21-16(19-2)20-10-12-7-4-5-8-14(12)22-15(17)18;/h4-5,7-8,11,13,15H,3,6,9-10H2,1-2H3,(H2,19,20,21);1H. The molecule has 0 saturated heterocycles. The molecule has 2 atom stereocenters. The minimum atomic E-state index is -2.82. The summed E-state index contributed by atoms with van der Waals surface area (Å²) in [5.41, 5.74) is 0.673. The second-order valence-electron chi connectivity index (χ2n) is 5.45. The fourth-order valence-electron chi connectivity index (χ4n) is 2.52. The summed E-state index contributed by atoms with van der Waals surface area (Å²) in [6.07, 6.45) is 3.58. The number of ether oxygens (including phenoxy) is 1. The molecule has 0 spiro atoms. The number of aliphatic imine (C=N–C) groups is 1. The van der Waals surface area contributed by atoms with Gasteiger partial charge in [-0.2, -0.15) is 8.78 Å². The number of hydrogen-bond donors (Lipinski definition) is 2. The van der Waals surface area contributed by atoms with Crippen LogP contribution in [0, 0.1) is 5.92 Å². The zero-order valence-corrected chi connectivity index (χ0v) is 15.7. The molecule has 2 unspecified atom stereocenters. The second kappa shape index (κ2) is 9.89. The molecule has 130 valence electrons. The number of nitrogens with zero attached hydrogens (tertiary/aromatic N) is 1. The SMILES string of the molecule is CCCC1CC1NC(=NC)NCc1ccccc1OC(F)F.I. The summed E-state index contributed by atoms with van der Waals surface area (Å²) < 4.78 is 29.3. The molecule has 1 fully saturated rings. The molecule has 1 aliphatic rings. The van der Waals surface area contributed by atoms with Crippen LogP contribution >= 0.6 is 24.0 Å². The summed E-state index contributed by atoms with van der Waals surface area (Å²) in [5.74, 6) is 1.60. The minimum Gasteiger partial charge on any atom is -0.434 e. The van der Waals surface area contributed by atoms with E-state index in [9.17, 15) is 8.78 Å². The number of nitrogens with one attached hydrogen (secondary N) is 2. The molecule has 2 rings (SSSR count). The van der Waals surface area contributed by atoms with Gasteiger partial charge in [0.1, 0.15) is 5.75 Å². The van der Waals surface area contributed by atoms with Gasteiger partial charge in [0.05, 0.1) is 0 Å². The van der Waals surface area contributed by atoms with Crippen molar-refractivity contribution in [2.75, 3.05) is 7.05 Å². The zero-order chi connectivity index (χ0) is 15.9. The topological polar surface area (TPSA) is 45.7 Å². The number of alkyl halides is 2. The predicted octanol–water partition coefficient (Wildman–Crippen LogP) is 3.76. The first-order chi connectivity index (χ1) is 10.6. The first-order valence-electron chi connectivity index (χ1n) is 7.64. The number of halogens is 3. The molecular formula is C16H24F2IN3O. The van der Waals surface area contributed by atoms with E-state index in [1.165, 1.54) is 25.3 Å². The number of hydrogen-bond acceptors (Lipinski definition) is 2. The van der Waals surface area contributed by atoms with Crippen LogP contribution < -0.4 is 15.4 Å². The molecule has 0 bridgehead atoms. The highest BCUT2D eigenvalue weighted by Gasteiger charge is 2.36. The van der Waals surface area contributed by atoms with Crippen molar-refractivity contribution in [3.05, 3.63) is 29.8 Å². The van der Waals surface area contributed by atoms with Crippen molar-refractivity contribution < 1.29 is 13.5 Å². The molecule has 1 aromatic rings. The molecule has 0 aromatic heterocycles. The van der Waals surface area contributed by atoms with Gasteiger partial charge in [-0.3, -0.25) is 4.99 Å². The average Bonchev–Trinajstić information content (AvgIpc) is 3.22. The molecule has 1 saturated carbocycles. The van der Waals surface area contributed by atoms with Gasteiger partial charge < -0.3 is 15.4 Å². The van der Waals surface area contributed by atoms with Crippen molar-refractivity contribution >= 4 is 29.9 Å². The van der Waals surface area contributed by atoms with Gasteiger partial charge in [0.15, 0.2) is 5.96 Å². The maximum atomic E-state index is 12.4. The smallest absolute Gasteiger partial charge is 0.387 e. The molecule has 2 N–H and O–H groups in total. The molecule has 23 heavy (non-hydrogen) atoms. The molecular weight excluding hydrogens is 415 g/mol. The fraction of sp³-hybridized carbons (Fsp3) is 0.562. The van der Waals surface area contributed by atoms with Crippen LogP contribution in [0.5, 0.6) is 5.75 Å². The van der Waals surface area contributed by atoms with E-state index >= 15 is 0 Å². The molecule has 0 amide bonds. The average molecular weight is 439 g/mol. The lowest BCUT2D eigenvalue weighted by atomic mass is 10.2. The minimum absolute atomic E-state index is 0. The Hall–Kier alpha value is -1.12. The Kier molecular flexibility index (Phi) is 8.57. The lowest BCUT2D eigenvalue weighted by Crippen LogP contribution is -2.38. The Balaban J connectivity index is 0.00000264. The van der Waals surface area contributed by atoms with E-state index in [1.807, 2.05) is 0 Å². The van der Waals surface area contributed by atoms with Crippen LogP contribution in [0.2, 0.25) is 0 Å². The van der Waals surface area contributed by atoms with E-state index in [0.717, 1.165) is 5.92 Å². The summed E-state index contributed by atoms with van der Waals surface area (Å²) >= 11 is 0. The lowest BCUT2D eigenvalue weighted by Gasteiger charge is -2.14. The van der Waals surface area contributed by atoms with Crippen molar-refractivity contribution in [2.24, 2.45) is 10.9 Å². The van der Waals surface area contributed by atoms with Crippen molar-refractivity contribution in [3.8, 4) is 5.75 Å². The third kappa shape index (κ3) is 6.48. The highest BCUT2D eigenvalue weighted by Crippen LogP contribution is 2.34. The van der Waals surface area contributed by atoms with Gasteiger partial charge in [0, 0.05) is 25.2 Å². The van der Waals surface area contributed by atoms with Crippen LogP contribution in [-0.4, -0.2) is 25.7 Å². The molecule has 4 nitrogen and oxygen atoms in total. The van der Waals surface area contributed by atoms with E-state index in [4.69, 9.17) is 0 Å². The number of benzene rings is 1. The normalized spacial score (nSPS) is 20.0. The summed E-state index contributed by atoms with van der Waals surface area (Å²) in [4.78, 5) is 4.17. The summed E-state index contributed by atoms with van der Waals surface area (Å²) in [6, 6.07) is 7.24. The quantitative estimate of drug-likeness (QED) is 0.387. The maximum absolute atomic E-state index is 12.4. The fourth-order valence-corrected chi connectivity index (χ4v) is 2.52. The maximum Gasteiger partial charge on any atom is 0.387 e. The molecule has 1 aliphatic carbocycles. The predicted molar refractivity (Wildman–Crippen MR) is 98.6 cm³/mol.